The van der Waals surface area contributed by atoms with Gasteiger partial charge in [-0.1, -0.05) is 38.8 Å². The molecule has 110 valence electrons. The normalized spacial score (nSPS) is 14.1. The molecule has 0 radical (unpaired) electrons. The molecule has 5 heteroatoms. The molecule has 0 spiro atoms. The summed E-state index contributed by atoms with van der Waals surface area (Å²) in [5.74, 6) is -2.40. The van der Waals surface area contributed by atoms with Crippen LogP contribution in [0.1, 0.15) is 40.0 Å². The molecule has 0 heterocycles. The maximum absolute atomic E-state index is 11.4. The average molecular weight is 271 g/mol. The molecule has 0 aliphatic rings. The summed E-state index contributed by atoms with van der Waals surface area (Å²) in [6.07, 6.45) is 2.26. The lowest BCUT2D eigenvalue weighted by Crippen LogP contribution is -2.45. The third-order valence-corrected chi connectivity index (χ3v) is 2.96. The van der Waals surface area contributed by atoms with Gasteiger partial charge in [-0.25, -0.2) is 0 Å². The molecule has 0 aliphatic heterocycles. The maximum Gasteiger partial charge on any atom is 0.320 e. The van der Waals surface area contributed by atoms with Crippen LogP contribution < -0.4 is 0 Å². The van der Waals surface area contributed by atoms with Crippen LogP contribution >= 0.6 is 0 Å². The second kappa shape index (κ2) is 8.69. The Balaban J connectivity index is 4.89. The van der Waals surface area contributed by atoms with E-state index >= 15 is 0 Å². The van der Waals surface area contributed by atoms with E-state index in [1.807, 2.05) is 13.8 Å². The zero-order valence-corrected chi connectivity index (χ0v) is 12.1. The molecule has 0 aromatic carbocycles. The van der Waals surface area contributed by atoms with Gasteiger partial charge in [0.25, 0.3) is 0 Å². The fourth-order valence-electron chi connectivity index (χ4n) is 1.94. The Kier molecular flexibility index (Phi) is 8.07. The molecule has 5 nitrogen and oxygen atoms in total. The number of unbranched alkanes of at least 4 members (excludes halogenated alkanes) is 1. The van der Waals surface area contributed by atoms with Crippen LogP contribution in [0.25, 0.3) is 0 Å². The number of carboxylic acids is 2. The molecule has 0 saturated carbocycles. The summed E-state index contributed by atoms with van der Waals surface area (Å²) < 4.78 is 0. The highest BCUT2D eigenvalue weighted by Crippen LogP contribution is 2.14. The Morgan fingerprint density at radius 1 is 1.26 bits per heavy atom. The van der Waals surface area contributed by atoms with Crippen LogP contribution in [-0.2, 0) is 9.59 Å². The van der Waals surface area contributed by atoms with Gasteiger partial charge in [-0.2, -0.15) is 0 Å². The number of aliphatic carboxylic acids is 2. The van der Waals surface area contributed by atoms with E-state index in [2.05, 4.69) is 6.58 Å². The van der Waals surface area contributed by atoms with Gasteiger partial charge in [0.2, 0.25) is 0 Å². The minimum absolute atomic E-state index is 0.225. The smallest absolute Gasteiger partial charge is 0.320 e. The topological polar surface area (TPSA) is 77.8 Å². The second-order valence-electron chi connectivity index (χ2n) is 5.12. The monoisotopic (exact) mass is 271 g/mol. The fourth-order valence-corrected chi connectivity index (χ4v) is 1.94. The van der Waals surface area contributed by atoms with Crippen molar-refractivity contribution in [3.8, 4) is 0 Å². The van der Waals surface area contributed by atoms with Crippen molar-refractivity contribution in [3.05, 3.63) is 12.2 Å². The van der Waals surface area contributed by atoms with Crippen LogP contribution in [0.5, 0.6) is 0 Å². The van der Waals surface area contributed by atoms with Gasteiger partial charge in [-0.05, 0) is 13.3 Å². The van der Waals surface area contributed by atoms with Crippen LogP contribution in [0.3, 0.4) is 0 Å². The highest BCUT2D eigenvalue weighted by Gasteiger charge is 2.27. The molecule has 0 rings (SSSR count). The van der Waals surface area contributed by atoms with E-state index in [1.165, 1.54) is 0 Å². The number of carboxylic acid groups (broad SMARTS) is 2. The van der Waals surface area contributed by atoms with Gasteiger partial charge in [-0.3, -0.25) is 14.5 Å². The number of nitrogens with zero attached hydrogens (tertiary/aromatic N) is 1. The van der Waals surface area contributed by atoms with Crippen molar-refractivity contribution in [2.75, 3.05) is 13.1 Å². The zero-order chi connectivity index (χ0) is 15.0. The van der Waals surface area contributed by atoms with E-state index in [1.54, 1.807) is 11.8 Å². The molecule has 0 saturated heterocycles. The molecule has 0 bridgehead atoms. The first kappa shape index (κ1) is 17.6. The van der Waals surface area contributed by atoms with E-state index < -0.39 is 23.9 Å². The SMILES string of the molecule is C=C(C)CN(CC(C)C(=O)O)C(CCCC)C(=O)O. The van der Waals surface area contributed by atoms with Crippen molar-refractivity contribution < 1.29 is 19.8 Å². The van der Waals surface area contributed by atoms with Crippen LogP contribution in [0.4, 0.5) is 0 Å². The Labute approximate surface area is 114 Å². The van der Waals surface area contributed by atoms with Crippen LogP contribution in [-0.4, -0.2) is 46.2 Å². The minimum atomic E-state index is -0.911. The average Bonchev–Trinajstić information content (AvgIpc) is 2.27. The molecular weight excluding hydrogens is 246 g/mol. The molecule has 0 aliphatic carbocycles. The summed E-state index contributed by atoms with van der Waals surface area (Å²) in [5.41, 5.74) is 0.834. The number of rotatable bonds is 10. The lowest BCUT2D eigenvalue weighted by Gasteiger charge is -2.30. The van der Waals surface area contributed by atoms with Crippen molar-refractivity contribution in [2.45, 2.75) is 46.1 Å². The summed E-state index contributed by atoms with van der Waals surface area (Å²) in [6, 6.07) is -0.640. The molecule has 2 N–H and O–H groups in total. The van der Waals surface area contributed by atoms with E-state index in [-0.39, 0.29) is 6.54 Å². The summed E-state index contributed by atoms with van der Waals surface area (Å²) in [6.45, 7) is 9.84. The van der Waals surface area contributed by atoms with Gasteiger partial charge in [0.15, 0.2) is 0 Å². The summed E-state index contributed by atoms with van der Waals surface area (Å²) in [7, 11) is 0. The summed E-state index contributed by atoms with van der Waals surface area (Å²) in [4.78, 5) is 24.0. The first-order chi connectivity index (χ1) is 8.79. The molecule has 0 aromatic heterocycles. The summed E-state index contributed by atoms with van der Waals surface area (Å²) >= 11 is 0. The minimum Gasteiger partial charge on any atom is -0.481 e. The molecule has 0 amide bonds. The van der Waals surface area contributed by atoms with Gasteiger partial charge in [0.1, 0.15) is 6.04 Å². The van der Waals surface area contributed by atoms with E-state index in [4.69, 9.17) is 5.11 Å². The van der Waals surface area contributed by atoms with Crippen LogP contribution in [0.2, 0.25) is 0 Å². The molecule has 0 aromatic rings. The van der Waals surface area contributed by atoms with E-state index in [9.17, 15) is 14.7 Å². The predicted octanol–water partition coefficient (Wildman–Crippen LogP) is 2.23. The highest BCUT2D eigenvalue weighted by molar-refractivity contribution is 5.74. The molecule has 19 heavy (non-hydrogen) atoms. The van der Waals surface area contributed by atoms with Crippen LogP contribution in [0.15, 0.2) is 12.2 Å². The first-order valence-electron chi connectivity index (χ1n) is 6.63. The summed E-state index contributed by atoms with van der Waals surface area (Å²) in [5, 5.41) is 18.3. The largest absolute Gasteiger partial charge is 0.481 e. The quantitative estimate of drug-likeness (QED) is 0.596. The van der Waals surface area contributed by atoms with Crippen molar-refractivity contribution in [1.29, 1.82) is 0 Å². The van der Waals surface area contributed by atoms with Gasteiger partial charge in [0.05, 0.1) is 5.92 Å². The fraction of sp³-hybridized carbons (Fsp3) is 0.714. The van der Waals surface area contributed by atoms with Gasteiger partial charge >= 0.3 is 11.9 Å². The zero-order valence-electron chi connectivity index (χ0n) is 12.1. The van der Waals surface area contributed by atoms with Gasteiger partial charge < -0.3 is 10.2 Å². The third-order valence-electron chi connectivity index (χ3n) is 2.96. The Morgan fingerprint density at radius 3 is 2.21 bits per heavy atom. The van der Waals surface area contributed by atoms with Crippen LogP contribution in [0, 0.1) is 5.92 Å². The Bertz CT molecular complexity index is 327. The number of hydrogen-bond donors (Lipinski definition) is 2. The first-order valence-corrected chi connectivity index (χ1v) is 6.63. The molecule has 2 unspecified atom stereocenters. The predicted molar refractivity (Wildman–Crippen MR) is 74.1 cm³/mol. The molecular formula is C14H25NO4. The lowest BCUT2D eigenvalue weighted by atomic mass is 10.0. The second-order valence-corrected chi connectivity index (χ2v) is 5.12. The van der Waals surface area contributed by atoms with E-state index in [0.29, 0.717) is 13.0 Å². The van der Waals surface area contributed by atoms with Crippen molar-refractivity contribution in [2.24, 2.45) is 5.92 Å². The number of hydrogen-bond acceptors (Lipinski definition) is 3. The van der Waals surface area contributed by atoms with E-state index in [0.717, 1.165) is 18.4 Å². The van der Waals surface area contributed by atoms with Crippen molar-refractivity contribution in [1.82, 2.24) is 4.90 Å². The Hall–Kier alpha value is -1.36. The number of carbonyl (C=O) groups is 2. The maximum atomic E-state index is 11.4. The third kappa shape index (κ3) is 6.96. The van der Waals surface area contributed by atoms with Gasteiger partial charge in [0, 0.05) is 13.1 Å². The van der Waals surface area contributed by atoms with Crippen molar-refractivity contribution in [3.63, 3.8) is 0 Å². The molecule has 0 fully saturated rings. The molecule has 2 atom stereocenters. The standard InChI is InChI=1S/C14H25NO4/c1-5-6-7-12(14(18)19)15(8-10(2)3)9-11(4)13(16)17/h11-12H,2,5-9H2,1,3-4H3,(H,16,17)(H,18,19). The highest BCUT2D eigenvalue weighted by atomic mass is 16.4. The Morgan fingerprint density at radius 2 is 1.84 bits per heavy atom. The van der Waals surface area contributed by atoms with Crippen molar-refractivity contribution >= 4 is 11.9 Å². The lowest BCUT2D eigenvalue weighted by molar-refractivity contribution is -0.147. The van der Waals surface area contributed by atoms with Gasteiger partial charge in [-0.15, -0.1) is 0 Å².